The molecule has 3 rings (SSSR count). The summed E-state index contributed by atoms with van der Waals surface area (Å²) in [7, 11) is 1.71. The van der Waals surface area contributed by atoms with Gasteiger partial charge in [-0.05, 0) is 41.5 Å². The topological polar surface area (TPSA) is 18.5 Å². The van der Waals surface area contributed by atoms with E-state index >= 15 is 0 Å². The van der Waals surface area contributed by atoms with Gasteiger partial charge < -0.3 is 9.47 Å². The number of fused-ring (bicyclic) bond motifs is 1. The smallest absolute Gasteiger partial charge is 0.134 e. The van der Waals surface area contributed by atoms with E-state index in [1.165, 1.54) is 16.0 Å². The summed E-state index contributed by atoms with van der Waals surface area (Å²) in [5, 5.41) is 2.06. The second-order valence-electron chi connectivity index (χ2n) is 4.53. The Bertz CT molecular complexity index is 579. The van der Waals surface area contributed by atoms with Gasteiger partial charge in [-0.3, -0.25) is 0 Å². The minimum Gasteiger partial charge on any atom is -0.496 e. The molecule has 1 aliphatic rings. The van der Waals surface area contributed by atoms with Crippen molar-refractivity contribution in [2.24, 2.45) is 0 Å². The zero-order valence-corrected chi connectivity index (χ0v) is 13.1. The van der Waals surface area contributed by atoms with E-state index in [1.54, 1.807) is 18.4 Å². The molecule has 1 aliphatic heterocycles. The highest BCUT2D eigenvalue weighted by molar-refractivity contribution is 9.09. The lowest BCUT2D eigenvalue weighted by Crippen LogP contribution is -2.08. The highest BCUT2D eigenvalue weighted by Crippen LogP contribution is 2.41. The molecule has 1 unspecified atom stereocenters. The fourth-order valence-corrected chi connectivity index (χ4v) is 4.05. The number of alkyl halides is 1. The van der Waals surface area contributed by atoms with Crippen LogP contribution in [-0.2, 0) is 6.42 Å². The number of hydrogen-bond donors (Lipinski definition) is 0. The Hall–Kier alpha value is -1.00. The van der Waals surface area contributed by atoms with Gasteiger partial charge in [0.05, 0.1) is 23.4 Å². The zero-order valence-electron chi connectivity index (χ0n) is 10.7. The van der Waals surface area contributed by atoms with E-state index < -0.39 is 0 Å². The Morgan fingerprint density at radius 2 is 2.26 bits per heavy atom. The molecule has 0 fully saturated rings. The second kappa shape index (κ2) is 5.55. The molecule has 19 heavy (non-hydrogen) atoms. The van der Waals surface area contributed by atoms with Crippen molar-refractivity contribution in [2.75, 3.05) is 13.7 Å². The minimum atomic E-state index is 0.176. The Morgan fingerprint density at radius 1 is 1.37 bits per heavy atom. The molecule has 0 N–H and O–H groups in total. The Labute approximate surface area is 125 Å². The number of thiophene rings is 1. The first-order valence-electron chi connectivity index (χ1n) is 6.30. The van der Waals surface area contributed by atoms with E-state index in [1.807, 2.05) is 6.07 Å². The Kier molecular flexibility index (Phi) is 3.80. The minimum absolute atomic E-state index is 0.176. The van der Waals surface area contributed by atoms with Crippen LogP contribution in [0.2, 0.25) is 0 Å². The van der Waals surface area contributed by atoms with Gasteiger partial charge >= 0.3 is 0 Å². The quantitative estimate of drug-likeness (QED) is 0.763. The SMILES string of the molecule is COc1ccsc1C(Br)c1ccc2c(c1)CCCO2. The molecule has 0 aliphatic carbocycles. The molecule has 4 heteroatoms. The van der Waals surface area contributed by atoms with Crippen LogP contribution in [0.1, 0.15) is 27.3 Å². The third kappa shape index (κ3) is 2.51. The van der Waals surface area contributed by atoms with Gasteiger partial charge in [0.1, 0.15) is 11.5 Å². The van der Waals surface area contributed by atoms with Gasteiger partial charge in [0.15, 0.2) is 0 Å². The molecule has 0 amide bonds. The van der Waals surface area contributed by atoms with Crippen molar-refractivity contribution >= 4 is 27.3 Å². The third-order valence-electron chi connectivity index (χ3n) is 3.33. The molecule has 100 valence electrons. The first-order valence-corrected chi connectivity index (χ1v) is 8.10. The first-order chi connectivity index (χ1) is 9.29. The molecule has 0 spiro atoms. The van der Waals surface area contributed by atoms with E-state index in [-0.39, 0.29) is 4.83 Å². The number of benzene rings is 1. The summed E-state index contributed by atoms with van der Waals surface area (Å²) in [6.45, 7) is 0.836. The summed E-state index contributed by atoms with van der Waals surface area (Å²) in [4.78, 5) is 1.38. The lowest BCUT2D eigenvalue weighted by Gasteiger charge is -2.19. The number of methoxy groups -OCH3 is 1. The van der Waals surface area contributed by atoms with E-state index in [4.69, 9.17) is 9.47 Å². The Morgan fingerprint density at radius 3 is 3.11 bits per heavy atom. The maximum absolute atomic E-state index is 5.66. The number of rotatable bonds is 3. The van der Waals surface area contributed by atoms with Crippen molar-refractivity contribution in [1.82, 2.24) is 0 Å². The number of aryl methyl sites for hydroxylation is 1. The van der Waals surface area contributed by atoms with Gasteiger partial charge in [-0.1, -0.05) is 28.1 Å². The van der Waals surface area contributed by atoms with Crippen LogP contribution in [0, 0.1) is 0 Å². The normalized spacial score (nSPS) is 15.5. The number of hydrogen-bond acceptors (Lipinski definition) is 3. The maximum atomic E-state index is 5.66. The van der Waals surface area contributed by atoms with Gasteiger partial charge in [0.2, 0.25) is 0 Å². The van der Waals surface area contributed by atoms with Crippen LogP contribution in [-0.4, -0.2) is 13.7 Å². The summed E-state index contributed by atoms with van der Waals surface area (Å²) in [5.41, 5.74) is 2.56. The molecule has 0 saturated carbocycles. The van der Waals surface area contributed by atoms with Gasteiger partial charge in [-0.15, -0.1) is 11.3 Å². The summed E-state index contributed by atoms with van der Waals surface area (Å²) in [6, 6.07) is 8.46. The average Bonchev–Trinajstić information content (AvgIpc) is 2.94. The lowest BCUT2D eigenvalue weighted by molar-refractivity contribution is 0.288. The van der Waals surface area contributed by atoms with Crippen molar-refractivity contribution in [3.05, 3.63) is 45.6 Å². The first kappa shape index (κ1) is 13.0. The molecular formula is C15H15BrO2S. The molecule has 1 atom stereocenters. The Balaban J connectivity index is 1.93. The van der Waals surface area contributed by atoms with Crippen LogP contribution >= 0.6 is 27.3 Å². The largest absolute Gasteiger partial charge is 0.496 e. The van der Waals surface area contributed by atoms with Crippen LogP contribution in [0.25, 0.3) is 0 Å². The van der Waals surface area contributed by atoms with Gasteiger partial charge in [0.25, 0.3) is 0 Å². The van der Waals surface area contributed by atoms with Crippen LogP contribution in [0.5, 0.6) is 11.5 Å². The van der Waals surface area contributed by atoms with Crippen molar-refractivity contribution in [3.63, 3.8) is 0 Å². The molecule has 1 aromatic carbocycles. The standard InChI is InChI=1S/C15H15BrO2S/c1-17-13-6-8-19-15(13)14(16)11-4-5-12-10(9-11)3-2-7-18-12/h4-6,8-9,14H,2-3,7H2,1H3. The fraction of sp³-hybridized carbons (Fsp3) is 0.333. The highest BCUT2D eigenvalue weighted by Gasteiger charge is 2.19. The predicted molar refractivity (Wildman–Crippen MR) is 81.9 cm³/mol. The third-order valence-corrected chi connectivity index (χ3v) is 5.59. The second-order valence-corrected chi connectivity index (χ2v) is 6.40. The van der Waals surface area contributed by atoms with E-state index in [0.717, 1.165) is 30.9 Å². The van der Waals surface area contributed by atoms with Crippen molar-refractivity contribution < 1.29 is 9.47 Å². The molecule has 2 aromatic rings. The summed E-state index contributed by atoms with van der Waals surface area (Å²) in [6.07, 6.45) is 2.20. The molecular weight excluding hydrogens is 324 g/mol. The fourth-order valence-electron chi connectivity index (χ4n) is 2.35. The van der Waals surface area contributed by atoms with Gasteiger partial charge in [0, 0.05) is 0 Å². The van der Waals surface area contributed by atoms with E-state index in [2.05, 4.69) is 39.5 Å². The molecule has 0 radical (unpaired) electrons. The molecule has 1 aromatic heterocycles. The number of ether oxygens (including phenoxy) is 2. The molecule has 0 bridgehead atoms. The van der Waals surface area contributed by atoms with Crippen LogP contribution in [0.3, 0.4) is 0 Å². The van der Waals surface area contributed by atoms with Crippen molar-refractivity contribution in [2.45, 2.75) is 17.7 Å². The van der Waals surface area contributed by atoms with Crippen LogP contribution in [0.4, 0.5) is 0 Å². The molecule has 2 heterocycles. The van der Waals surface area contributed by atoms with E-state index in [0.29, 0.717) is 0 Å². The van der Waals surface area contributed by atoms with Crippen LogP contribution < -0.4 is 9.47 Å². The van der Waals surface area contributed by atoms with E-state index in [9.17, 15) is 0 Å². The van der Waals surface area contributed by atoms with Gasteiger partial charge in [-0.2, -0.15) is 0 Å². The lowest BCUT2D eigenvalue weighted by atomic mass is 10.0. The monoisotopic (exact) mass is 338 g/mol. The molecule has 0 saturated heterocycles. The van der Waals surface area contributed by atoms with Crippen LogP contribution in [0.15, 0.2) is 29.6 Å². The average molecular weight is 339 g/mol. The summed E-state index contributed by atoms with van der Waals surface area (Å²) >= 11 is 5.49. The zero-order chi connectivity index (χ0) is 13.2. The van der Waals surface area contributed by atoms with Gasteiger partial charge in [-0.25, -0.2) is 0 Å². The van der Waals surface area contributed by atoms with Crippen molar-refractivity contribution in [3.8, 4) is 11.5 Å². The predicted octanol–water partition coefficient (Wildman–Crippen LogP) is 4.57. The van der Waals surface area contributed by atoms with Crippen molar-refractivity contribution in [1.29, 1.82) is 0 Å². The summed E-state index contributed by atoms with van der Waals surface area (Å²) in [5.74, 6) is 1.98. The molecule has 2 nitrogen and oxygen atoms in total. The summed E-state index contributed by atoms with van der Waals surface area (Å²) < 4.78 is 11.1. The maximum Gasteiger partial charge on any atom is 0.134 e. The number of halogens is 1. The highest BCUT2D eigenvalue weighted by atomic mass is 79.9.